The van der Waals surface area contributed by atoms with E-state index in [0.717, 1.165) is 11.9 Å². The number of anilines is 2. The second-order valence-corrected chi connectivity index (χ2v) is 5.23. The van der Waals surface area contributed by atoms with Crippen LogP contribution < -0.4 is 14.4 Å². The molecular weight excluding hydrogens is 313 g/mol. The number of rotatable bonds is 3. The molecule has 0 fully saturated rings. The molecule has 0 bridgehead atoms. The number of benzene rings is 1. The Morgan fingerprint density at radius 2 is 1.96 bits per heavy atom. The normalized spacial score (nSPS) is 12.9. The fourth-order valence-corrected chi connectivity index (χ4v) is 2.48. The standard InChI is InChI=1S/C17H14FN3O3/c1-21(11-4-5-13-15(9-11)24-8-7-23-13)17-12(18)10-19-16(20-17)14-3-2-6-22-14/h2-6,9-10H,7-8H2,1H3. The quantitative estimate of drug-likeness (QED) is 0.735. The van der Waals surface area contributed by atoms with Gasteiger partial charge in [-0.3, -0.25) is 0 Å². The van der Waals surface area contributed by atoms with Gasteiger partial charge in [-0.15, -0.1) is 0 Å². The van der Waals surface area contributed by atoms with Gasteiger partial charge in [-0.1, -0.05) is 0 Å². The zero-order chi connectivity index (χ0) is 16.5. The van der Waals surface area contributed by atoms with Crippen LogP contribution in [-0.4, -0.2) is 30.2 Å². The highest BCUT2D eigenvalue weighted by atomic mass is 19.1. The van der Waals surface area contributed by atoms with Crippen LogP contribution in [0.3, 0.4) is 0 Å². The van der Waals surface area contributed by atoms with E-state index in [1.807, 2.05) is 6.07 Å². The van der Waals surface area contributed by atoms with Gasteiger partial charge in [0.15, 0.2) is 34.7 Å². The zero-order valence-electron chi connectivity index (χ0n) is 12.9. The van der Waals surface area contributed by atoms with Gasteiger partial charge in [0, 0.05) is 18.8 Å². The molecule has 7 heteroatoms. The van der Waals surface area contributed by atoms with E-state index in [-0.39, 0.29) is 5.82 Å². The van der Waals surface area contributed by atoms with E-state index in [1.54, 1.807) is 36.2 Å². The second kappa shape index (κ2) is 5.84. The molecule has 0 amide bonds. The Balaban J connectivity index is 1.71. The van der Waals surface area contributed by atoms with Crippen LogP contribution in [0, 0.1) is 5.82 Å². The van der Waals surface area contributed by atoms with Crippen LogP contribution in [0.4, 0.5) is 15.9 Å². The van der Waals surface area contributed by atoms with E-state index < -0.39 is 5.82 Å². The molecular formula is C17H14FN3O3. The molecule has 4 rings (SSSR count). The monoisotopic (exact) mass is 327 g/mol. The number of aromatic nitrogens is 2. The molecule has 0 radical (unpaired) electrons. The first-order valence-corrected chi connectivity index (χ1v) is 7.42. The molecule has 0 atom stereocenters. The first-order chi connectivity index (χ1) is 11.7. The summed E-state index contributed by atoms with van der Waals surface area (Å²) < 4.78 is 30.6. The Bertz CT molecular complexity index is 868. The van der Waals surface area contributed by atoms with Gasteiger partial charge in [0.1, 0.15) is 13.2 Å². The fraction of sp³-hybridized carbons (Fsp3) is 0.176. The summed E-state index contributed by atoms with van der Waals surface area (Å²) in [7, 11) is 1.72. The Hall–Kier alpha value is -3.09. The van der Waals surface area contributed by atoms with Crippen LogP contribution in [-0.2, 0) is 0 Å². The summed E-state index contributed by atoms with van der Waals surface area (Å²) in [6.45, 7) is 1.01. The van der Waals surface area contributed by atoms with Crippen molar-refractivity contribution in [2.45, 2.75) is 0 Å². The first kappa shape index (κ1) is 14.5. The van der Waals surface area contributed by atoms with Crippen LogP contribution in [0.2, 0.25) is 0 Å². The van der Waals surface area contributed by atoms with E-state index >= 15 is 0 Å². The van der Waals surface area contributed by atoms with E-state index in [1.165, 1.54) is 6.26 Å². The summed E-state index contributed by atoms with van der Waals surface area (Å²) in [5.41, 5.74) is 0.724. The largest absolute Gasteiger partial charge is 0.486 e. The third kappa shape index (κ3) is 2.54. The van der Waals surface area contributed by atoms with Crippen molar-refractivity contribution in [1.29, 1.82) is 0 Å². The maximum atomic E-state index is 14.2. The van der Waals surface area contributed by atoms with Gasteiger partial charge in [-0.05, 0) is 24.3 Å². The van der Waals surface area contributed by atoms with Crippen LogP contribution in [0.15, 0.2) is 47.2 Å². The lowest BCUT2D eigenvalue weighted by Crippen LogP contribution is -2.17. The van der Waals surface area contributed by atoms with Crippen molar-refractivity contribution in [2.75, 3.05) is 25.2 Å². The second-order valence-electron chi connectivity index (χ2n) is 5.23. The molecule has 24 heavy (non-hydrogen) atoms. The molecule has 0 saturated carbocycles. The van der Waals surface area contributed by atoms with Gasteiger partial charge in [0.25, 0.3) is 0 Å². The van der Waals surface area contributed by atoms with Crippen LogP contribution in [0.25, 0.3) is 11.6 Å². The van der Waals surface area contributed by atoms with Gasteiger partial charge >= 0.3 is 0 Å². The van der Waals surface area contributed by atoms with Gasteiger partial charge < -0.3 is 18.8 Å². The molecule has 0 N–H and O–H groups in total. The van der Waals surface area contributed by atoms with Gasteiger partial charge in [0.05, 0.1) is 12.5 Å². The van der Waals surface area contributed by atoms with Crippen molar-refractivity contribution in [1.82, 2.24) is 9.97 Å². The summed E-state index contributed by atoms with van der Waals surface area (Å²) in [4.78, 5) is 9.88. The van der Waals surface area contributed by atoms with Gasteiger partial charge in [0.2, 0.25) is 0 Å². The highest BCUT2D eigenvalue weighted by Gasteiger charge is 2.18. The minimum Gasteiger partial charge on any atom is -0.486 e. The maximum Gasteiger partial charge on any atom is 0.197 e. The number of fused-ring (bicyclic) bond motifs is 1. The summed E-state index contributed by atoms with van der Waals surface area (Å²) in [6, 6.07) is 8.87. The summed E-state index contributed by atoms with van der Waals surface area (Å²) in [5.74, 6) is 1.73. The molecule has 0 unspecified atom stereocenters. The van der Waals surface area contributed by atoms with Crippen molar-refractivity contribution in [3.63, 3.8) is 0 Å². The highest BCUT2D eigenvalue weighted by molar-refractivity contribution is 5.65. The van der Waals surface area contributed by atoms with Crippen LogP contribution in [0.1, 0.15) is 0 Å². The molecule has 3 heterocycles. The third-order valence-corrected chi connectivity index (χ3v) is 3.70. The number of nitrogens with zero attached hydrogens (tertiary/aromatic N) is 3. The SMILES string of the molecule is CN(c1ccc2c(c1)OCCO2)c1nc(-c2ccco2)ncc1F. The smallest absolute Gasteiger partial charge is 0.197 e. The summed E-state index contributed by atoms with van der Waals surface area (Å²) in [6.07, 6.45) is 2.65. The van der Waals surface area contributed by atoms with Crippen molar-refractivity contribution in [3.8, 4) is 23.1 Å². The Labute approximate surface area is 137 Å². The predicted molar refractivity (Wildman–Crippen MR) is 85.2 cm³/mol. The van der Waals surface area contributed by atoms with Crippen molar-refractivity contribution in [3.05, 3.63) is 48.6 Å². The minimum absolute atomic E-state index is 0.146. The minimum atomic E-state index is -0.525. The lowest BCUT2D eigenvalue weighted by atomic mass is 10.2. The molecule has 1 aliphatic heterocycles. The topological polar surface area (TPSA) is 60.6 Å². The van der Waals surface area contributed by atoms with Crippen molar-refractivity contribution in [2.24, 2.45) is 0 Å². The highest BCUT2D eigenvalue weighted by Crippen LogP contribution is 2.36. The fourth-order valence-electron chi connectivity index (χ4n) is 2.48. The van der Waals surface area contributed by atoms with Crippen LogP contribution in [0.5, 0.6) is 11.5 Å². The molecule has 1 aromatic carbocycles. The number of hydrogen-bond acceptors (Lipinski definition) is 6. The zero-order valence-corrected chi connectivity index (χ0v) is 12.9. The molecule has 2 aromatic heterocycles. The number of hydrogen-bond donors (Lipinski definition) is 0. The maximum absolute atomic E-state index is 14.2. The Morgan fingerprint density at radius 1 is 1.12 bits per heavy atom. The molecule has 122 valence electrons. The number of furan rings is 1. The van der Waals surface area contributed by atoms with Crippen molar-refractivity contribution >= 4 is 11.5 Å². The van der Waals surface area contributed by atoms with E-state index in [2.05, 4.69) is 9.97 Å². The van der Waals surface area contributed by atoms with E-state index in [0.29, 0.717) is 36.3 Å². The molecule has 0 aliphatic carbocycles. The van der Waals surface area contributed by atoms with E-state index in [9.17, 15) is 4.39 Å². The molecule has 0 saturated heterocycles. The molecule has 6 nitrogen and oxygen atoms in total. The molecule has 0 spiro atoms. The third-order valence-electron chi connectivity index (χ3n) is 3.70. The first-order valence-electron chi connectivity index (χ1n) is 7.42. The summed E-state index contributed by atoms with van der Waals surface area (Å²) in [5, 5.41) is 0. The molecule has 1 aliphatic rings. The van der Waals surface area contributed by atoms with Crippen molar-refractivity contribution < 1.29 is 18.3 Å². The summed E-state index contributed by atoms with van der Waals surface area (Å²) >= 11 is 0. The Kier molecular flexibility index (Phi) is 3.53. The van der Waals surface area contributed by atoms with E-state index in [4.69, 9.17) is 13.9 Å². The van der Waals surface area contributed by atoms with Crippen LogP contribution >= 0.6 is 0 Å². The average Bonchev–Trinajstić information content (AvgIpc) is 3.16. The molecule has 3 aromatic rings. The predicted octanol–water partition coefficient (Wildman–Crippen LogP) is 3.41. The lowest BCUT2D eigenvalue weighted by Gasteiger charge is -2.23. The average molecular weight is 327 g/mol. The lowest BCUT2D eigenvalue weighted by molar-refractivity contribution is 0.171. The van der Waals surface area contributed by atoms with Gasteiger partial charge in [-0.25, -0.2) is 14.4 Å². The number of halogens is 1. The number of ether oxygens (including phenoxy) is 2. The Morgan fingerprint density at radius 3 is 2.75 bits per heavy atom. The van der Waals surface area contributed by atoms with Gasteiger partial charge in [-0.2, -0.15) is 0 Å².